The number of hydrogen-bond donors (Lipinski definition) is 3. The summed E-state index contributed by atoms with van der Waals surface area (Å²) < 4.78 is 5.05. The second kappa shape index (κ2) is 7.46. The summed E-state index contributed by atoms with van der Waals surface area (Å²) in [7, 11) is 1.54. The highest BCUT2D eigenvalue weighted by molar-refractivity contribution is 5.92. The summed E-state index contributed by atoms with van der Waals surface area (Å²) in [4.78, 5) is 24.3. The molecule has 0 aromatic heterocycles. The Morgan fingerprint density at radius 1 is 1.17 bits per heavy atom. The van der Waals surface area contributed by atoms with Gasteiger partial charge >= 0.3 is 0 Å². The van der Waals surface area contributed by atoms with Crippen molar-refractivity contribution >= 4 is 11.8 Å². The summed E-state index contributed by atoms with van der Waals surface area (Å²) in [6.07, 6.45) is 3.40. The topological polar surface area (TPSA) is 102 Å². The van der Waals surface area contributed by atoms with E-state index in [1.807, 2.05) is 0 Å². The highest BCUT2D eigenvalue weighted by Crippen LogP contribution is 2.28. The number of carbonyl (C=O) groups excluding carboxylic acids is 2. The molecule has 0 unspecified atom stereocenters. The first kappa shape index (κ1) is 17.3. The predicted octanol–water partition coefficient (Wildman–Crippen LogP) is 1.42. The fourth-order valence-corrected chi connectivity index (χ4v) is 3.01. The number of hydrogen-bond acceptors (Lipinski definition) is 4. The zero-order valence-electron chi connectivity index (χ0n) is 13.4. The third kappa shape index (κ3) is 4.01. The zero-order chi connectivity index (χ0) is 16.9. The highest BCUT2D eigenvalue weighted by Gasteiger charge is 2.39. The number of methoxy groups -OCH3 is 1. The van der Waals surface area contributed by atoms with Gasteiger partial charge in [-0.15, -0.1) is 0 Å². The Bertz CT molecular complexity index is 548. The number of benzene rings is 1. The fraction of sp³-hybridized carbons (Fsp3) is 0.529. The molecule has 0 spiro atoms. The van der Waals surface area contributed by atoms with E-state index in [2.05, 4.69) is 5.32 Å². The molecule has 0 saturated heterocycles. The standard InChI is InChI=1S/C17H24N2O4/c1-23-13-8-6-12(7-9-13)14(20)15(21)19-17(16(18)22)10-4-2-3-5-11-17/h6-9,14,20H,2-5,10-11H2,1H3,(H2,18,22)(H,19,21)/t14-/m1/s1. The monoisotopic (exact) mass is 320 g/mol. The zero-order valence-corrected chi connectivity index (χ0v) is 13.4. The van der Waals surface area contributed by atoms with Crippen LogP contribution in [0.15, 0.2) is 24.3 Å². The number of nitrogens with two attached hydrogens (primary N) is 1. The largest absolute Gasteiger partial charge is 0.497 e. The molecule has 23 heavy (non-hydrogen) atoms. The van der Waals surface area contributed by atoms with Crippen LogP contribution in [-0.2, 0) is 9.59 Å². The first-order valence-corrected chi connectivity index (χ1v) is 7.92. The van der Waals surface area contributed by atoms with Gasteiger partial charge in [0.1, 0.15) is 11.3 Å². The van der Waals surface area contributed by atoms with E-state index in [1.54, 1.807) is 31.4 Å². The first-order chi connectivity index (χ1) is 11.0. The maximum atomic E-state index is 12.4. The first-order valence-electron chi connectivity index (χ1n) is 7.92. The maximum absolute atomic E-state index is 12.4. The van der Waals surface area contributed by atoms with Crippen molar-refractivity contribution in [2.24, 2.45) is 5.73 Å². The maximum Gasteiger partial charge on any atom is 0.254 e. The molecule has 0 radical (unpaired) electrons. The fourth-order valence-electron chi connectivity index (χ4n) is 3.01. The van der Waals surface area contributed by atoms with Crippen molar-refractivity contribution in [3.05, 3.63) is 29.8 Å². The van der Waals surface area contributed by atoms with E-state index in [0.717, 1.165) is 25.7 Å². The number of carbonyl (C=O) groups is 2. The quantitative estimate of drug-likeness (QED) is 0.714. The third-order valence-corrected chi connectivity index (χ3v) is 4.47. The molecular formula is C17H24N2O4. The lowest BCUT2D eigenvalue weighted by molar-refractivity contribution is -0.137. The van der Waals surface area contributed by atoms with Crippen LogP contribution in [0.25, 0.3) is 0 Å². The number of nitrogens with one attached hydrogen (secondary N) is 1. The molecule has 1 aromatic carbocycles. The van der Waals surface area contributed by atoms with E-state index in [1.165, 1.54) is 0 Å². The van der Waals surface area contributed by atoms with Crippen LogP contribution in [0, 0.1) is 0 Å². The van der Waals surface area contributed by atoms with E-state index < -0.39 is 23.5 Å². The number of primary amides is 1. The average molecular weight is 320 g/mol. The SMILES string of the molecule is COc1ccc([C@@H](O)C(=O)NC2(C(N)=O)CCCCCC2)cc1. The molecule has 2 amide bonds. The van der Waals surface area contributed by atoms with Gasteiger partial charge in [-0.1, -0.05) is 37.8 Å². The Hall–Kier alpha value is -2.08. The van der Waals surface area contributed by atoms with Crippen molar-refractivity contribution < 1.29 is 19.4 Å². The highest BCUT2D eigenvalue weighted by atomic mass is 16.5. The van der Waals surface area contributed by atoms with Crippen LogP contribution in [0.2, 0.25) is 0 Å². The molecule has 126 valence electrons. The summed E-state index contributed by atoms with van der Waals surface area (Å²) in [5, 5.41) is 12.9. The predicted molar refractivity (Wildman–Crippen MR) is 85.7 cm³/mol. The normalized spacial score (nSPS) is 18.5. The van der Waals surface area contributed by atoms with Gasteiger partial charge in [0, 0.05) is 0 Å². The van der Waals surface area contributed by atoms with Crippen molar-refractivity contribution in [2.45, 2.75) is 50.2 Å². The van der Waals surface area contributed by atoms with Crippen LogP contribution < -0.4 is 15.8 Å². The molecular weight excluding hydrogens is 296 g/mol. The van der Waals surface area contributed by atoms with Crippen LogP contribution in [0.3, 0.4) is 0 Å². The van der Waals surface area contributed by atoms with Gasteiger partial charge in [0.2, 0.25) is 5.91 Å². The van der Waals surface area contributed by atoms with Crippen molar-refractivity contribution in [3.63, 3.8) is 0 Å². The molecule has 1 aromatic rings. The van der Waals surface area contributed by atoms with Gasteiger partial charge in [-0.25, -0.2) is 0 Å². The Kier molecular flexibility index (Phi) is 5.60. The lowest BCUT2D eigenvalue weighted by Gasteiger charge is -2.31. The minimum atomic E-state index is -1.35. The second-order valence-electron chi connectivity index (χ2n) is 6.03. The molecule has 1 atom stereocenters. The molecule has 6 heteroatoms. The molecule has 1 fully saturated rings. The molecule has 6 nitrogen and oxygen atoms in total. The van der Waals surface area contributed by atoms with Crippen LogP contribution in [0.1, 0.15) is 50.2 Å². The molecule has 4 N–H and O–H groups in total. The van der Waals surface area contributed by atoms with Crippen molar-refractivity contribution in [1.29, 1.82) is 0 Å². The molecule has 0 aliphatic heterocycles. The van der Waals surface area contributed by atoms with E-state index in [-0.39, 0.29) is 0 Å². The van der Waals surface area contributed by atoms with Crippen LogP contribution in [-0.4, -0.2) is 29.6 Å². The summed E-state index contributed by atoms with van der Waals surface area (Å²) in [6, 6.07) is 6.57. The van der Waals surface area contributed by atoms with Gasteiger partial charge in [-0.05, 0) is 30.5 Å². The van der Waals surface area contributed by atoms with Crippen molar-refractivity contribution in [3.8, 4) is 5.75 Å². The Morgan fingerprint density at radius 3 is 2.22 bits per heavy atom. The van der Waals surface area contributed by atoms with E-state index in [4.69, 9.17) is 10.5 Å². The lowest BCUT2D eigenvalue weighted by Crippen LogP contribution is -2.58. The van der Waals surface area contributed by atoms with Crippen molar-refractivity contribution in [2.75, 3.05) is 7.11 Å². The molecule has 1 saturated carbocycles. The number of rotatable bonds is 5. The third-order valence-electron chi connectivity index (χ3n) is 4.47. The van der Waals surface area contributed by atoms with Crippen LogP contribution >= 0.6 is 0 Å². The van der Waals surface area contributed by atoms with Gasteiger partial charge in [0.15, 0.2) is 6.10 Å². The molecule has 2 rings (SSSR count). The summed E-state index contributed by atoms with van der Waals surface area (Å²) in [5.41, 5.74) is 4.93. The van der Waals surface area contributed by atoms with E-state index in [0.29, 0.717) is 24.2 Å². The number of ether oxygens (including phenoxy) is 1. The lowest BCUT2D eigenvalue weighted by atomic mass is 9.88. The van der Waals surface area contributed by atoms with Crippen LogP contribution in [0.4, 0.5) is 0 Å². The number of amides is 2. The number of aliphatic hydroxyl groups excluding tert-OH is 1. The summed E-state index contributed by atoms with van der Waals surface area (Å²) in [5.74, 6) is -0.496. The van der Waals surface area contributed by atoms with Gasteiger partial charge in [0.25, 0.3) is 5.91 Å². The van der Waals surface area contributed by atoms with E-state index in [9.17, 15) is 14.7 Å². The minimum absolute atomic E-state index is 0.441. The Balaban J connectivity index is 2.12. The second-order valence-corrected chi connectivity index (χ2v) is 6.03. The van der Waals surface area contributed by atoms with Gasteiger partial charge in [-0.3, -0.25) is 9.59 Å². The van der Waals surface area contributed by atoms with Crippen molar-refractivity contribution in [1.82, 2.24) is 5.32 Å². The molecule has 0 heterocycles. The van der Waals surface area contributed by atoms with E-state index >= 15 is 0 Å². The molecule has 0 bridgehead atoms. The summed E-state index contributed by atoms with van der Waals surface area (Å²) >= 11 is 0. The average Bonchev–Trinajstić information content (AvgIpc) is 2.80. The van der Waals surface area contributed by atoms with Gasteiger partial charge in [-0.2, -0.15) is 0 Å². The van der Waals surface area contributed by atoms with Gasteiger partial charge in [0.05, 0.1) is 7.11 Å². The minimum Gasteiger partial charge on any atom is -0.497 e. The smallest absolute Gasteiger partial charge is 0.254 e. The van der Waals surface area contributed by atoms with Crippen LogP contribution in [0.5, 0.6) is 5.75 Å². The number of aliphatic hydroxyl groups is 1. The Labute approximate surface area is 136 Å². The molecule has 1 aliphatic carbocycles. The molecule has 1 aliphatic rings. The summed E-state index contributed by atoms with van der Waals surface area (Å²) in [6.45, 7) is 0. The van der Waals surface area contributed by atoms with Gasteiger partial charge < -0.3 is 20.9 Å². The Morgan fingerprint density at radius 2 is 1.74 bits per heavy atom.